The van der Waals surface area contributed by atoms with Gasteiger partial charge in [0.2, 0.25) is 0 Å². The molecule has 168 valence electrons. The van der Waals surface area contributed by atoms with E-state index in [0.717, 1.165) is 46.7 Å². The zero-order chi connectivity index (χ0) is 22.2. The van der Waals surface area contributed by atoms with Crippen LogP contribution < -0.4 is 14.8 Å². The van der Waals surface area contributed by atoms with E-state index < -0.39 is 0 Å². The van der Waals surface area contributed by atoms with E-state index in [1.54, 1.807) is 7.11 Å². The summed E-state index contributed by atoms with van der Waals surface area (Å²) in [5.74, 6) is 1.81. The highest BCUT2D eigenvalue weighted by Crippen LogP contribution is 2.27. The van der Waals surface area contributed by atoms with E-state index in [1.807, 2.05) is 42.5 Å². The second-order valence-electron chi connectivity index (χ2n) is 8.19. The normalized spacial score (nSPS) is 16.1. The van der Waals surface area contributed by atoms with Gasteiger partial charge in [0, 0.05) is 29.2 Å². The Bertz CT molecular complexity index is 993. The number of likely N-dealkylation sites (tertiary alicyclic amines) is 1. The van der Waals surface area contributed by atoms with E-state index in [-0.39, 0.29) is 0 Å². The van der Waals surface area contributed by atoms with Crippen molar-refractivity contribution >= 4 is 21.6 Å². The first-order valence-electron chi connectivity index (χ1n) is 11.3. The number of nitrogens with one attached hydrogen (secondary N) is 1. The number of ether oxygens (including phenoxy) is 2. The molecule has 32 heavy (non-hydrogen) atoms. The van der Waals surface area contributed by atoms with Crippen molar-refractivity contribution in [3.63, 3.8) is 0 Å². The first-order valence-corrected chi connectivity index (χ1v) is 12.1. The highest BCUT2D eigenvalue weighted by atomic mass is 79.9. The van der Waals surface area contributed by atoms with Crippen molar-refractivity contribution in [2.75, 3.05) is 32.1 Å². The Labute approximate surface area is 199 Å². The van der Waals surface area contributed by atoms with E-state index in [1.165, 1.54) is 24.9 Å². The Hall–Kier alpha value is -2.50. The summed E-state index contributed by atoms with van der Waals surface area (Å²) in [5.41, 5.74) is 3.56. The molecular weight excluding hydrogens is 464 g/mol. The van der Waals surface area contributed by atoms with Gasteiger partial charge in [0.1, 0.15) is 18.1 Å². The van der Waals surface area contributed by atoms with Gasteiger partial charge in [0.25, 0.3) is 0 Å². The van der Waals surface area contributed by atoms with E-state index in [2.05, 4.69) is 56.5 Å². The van der Waals surface area contributed by atoms with Crippen LogP contribution in [0.3, 0.4) is 0 Å². The molecule has 0 spiro atoms. The molecule has 0 amide bonds. The third kappa shape index (κ3) is 6.05. The van der Waals surface area contributed by atoms with Crippen LogP contribution in [0, 0.1) is 0 Å². The van der Waals surface area contributed by atoms with Crippen LogP contribution in [0.2, 0.25) is 0 Å². The third-order valence-electron chi connectivity index (χ3n) is 6.10. The van der Waals surface area contributed by atoms with Gasteiger partial charge < -0.3 is 14.8 Å². The molecule has 0 aliphatic carbocycles. The van der Waals surface area contributed by atoms with E-state index in [0.29, 0.717) is 12.6 Å². The average Bonchev–Trinajstić information content (AvgIpc) is 3.29. The summed E-state index contributed by atoms with van der Waals surface area (Å²) in [6.45, 7) is 3.72. The predicted octanol–water partition coefficient (Wildman–Crippen LogP) is 6.16. The van der Waals surface area contributed by atoms with Crippen LogP contribution in [0.25, 0.3) is 0 Å². The van der Waals surface area contributed by atoms with Crippen molar-refractivity contribution in [2.45, 2.75) is 31.9 Å². The van der Waals surface area contributed by atoms with Gasteiger partial charge in [0.15, 0.2) is 0 Å². The van der Waals surface area contributed by atoms with Gasteiger partial charge in [0.05, 0.1) is 12.8 Å². The van der Waals surface area contributed by atoms with Gasteiger partial charge in [-0.05, 0) is 61.7 Å². The lowest BCUT2D eigenvalue weighted by atomic mass is 10.1. The van der Waals surface area contributed by atoms with Gasteiger partial charge in [-0.15, -0.1) is 0 Å². The van der Waals surface area contributed by atoms with Gasteiger partial charge in [-0.1, -0.05) is 58.4 Å². The molecule has 1 aliphatic rings. The molecule has 3 aromatic carbocycles. The van der Waals surface area contributed by atoms with Crippen LogP contribution >= 0.6 is 15.9 Å². The fourth-order valence-corrected chi connectivity index (χ4v) is 4.62. The lowest BCUT2D eigenvalue weighted by Crippen LogP contribution is -2.36. The largest absolute Gasteiger partial charge is 0.497 e. The molecule has 4 rings (SSSR count). The fourth-order valence-electron chi connectivity index (χ4n) is 4.22. The summed E-state index contributed by atoms with van der Waals surface area (Å²) in [5, 5.41) is 3.65. The van der Waals surface area contributed by atoms with Crippen molar-refractivity contribution in [2.24, 2.45) is 0 Å². The van der Waals surface area contributed by atoms with Crippen molar-refractivity contribution in [1.82, 2.24) is 4.90 Å². The zero-order valence-corrected chi connectivity index (χ0v) is 20.2. The lowest BCUT2D eigenvalue weighted by Gasteiger charge is -2.25. The van der Waals surface area contributed by atoms with E-state index >= 15 is 0 Å². The topological polar surface area (TPSA) is 33.7 Å². The van der Waals surface area contributed by atoms with Crippen molar-refractivity contribution < 1.29 is 9.47 Å². The molecule has 1 aliphatic heterocycles. The van der Waals surface area contributed by atoms with Crippen molar-refractivity contribution in [1.29, 1.82) is 0 Å². The van der Waals surface area contributed by atoms with Crippen molar-refractivity contribution in [3.05, 3.63) is 88.4 Å². The number of anilines is 1. The minimum atomic E-state index is 0.539. The van der Waals surface area contributed by atoms with Crippen molar-refractivity contribution in [3.8, 4) is 11.5 Å². The third-order valence-corrected chi connectivity index (χ3v) is 6.88. The maximum absolute atomic E-state index is 6.15. The van der Waals surface area contributed by atoms with Gasteiger partial charge in [-0.2, -0.15) is 0 Å². The van der Waals surface area contributed by atoms with Crippen LogP contribution in [0.4, 0.5) is 5.69 Å². The summed E-state index contributed by atoms with van der Waals surface area (Å²) in [4.78, 5) is 2.61. The second kappa shape index (κ2) is 11.4. The molecule has 0 saturated carbocycles. The number of benzene rings is 3. The zero-order valence-electron chi connectivity index (χ0n) is 18.6. The molecule has 1 saturated heterocycles. The number of rotatable bonds is 10. The number of halogens is 1. The van der Waals surface area contributed by atoms with Gasteiger partial charge in [-0.3, -0.25) is 4.90 Å². The van der Waals surface area contributed by atoms with E-state index in [4.69, 9.17) is 9.47 Å². The predicted molar refractivity (Wildman–Crippen MR) is 135 cm³/mol. The first kappa shape index (κ1) is 22.7. The summed E-state index contributed by atoms with van der Waals surface area (Å²) in [7, 11) is 1.71. The summed E-state index contributed by atoms with van der Waals surface area (Å²) in [6, 6.07) is 25.4. The molecule has 1 heterocycles. The molecule has 0 radical (unpaired) electrons. The fraction of sp³-hybridized carbons (Fsp3) is 0.333. The molecule has 4 nitrogen and oxygen atoms in total. The molecule has 0 aromatic heterocycles. The lowest BCUT2D eigenvalue weighted by molar-refractivity contribution is 0.265. The Balaban J connectivity index is 1.31. The number of hydrogen-bond acceptors (Lipinski definition) is 4. The molecule has 3 aromatic rings. The number of nitrogens with zero attached hydrogens (tertiary/aromatic N) is 1. The van der Waals surface area contributed by atoms with E-state index in [9.17, 15) is 0 Å². The Morgan fingerprint density at radius 3 is 2.59 bits per heavy atom. The minimum Gasteiger partial charge on any atom is -0.497 e. The van der Waals surface area contributed by atoms with Crippen LogP contribution in [0.1, 0.15) is 24.0 Å². The van der Waals surface area contributed by atoms with Gasteiger partial charge >= 0.3 is 0 Å². The number of methoxy groups -OCH3 is 1. The quantitative estimate of drug-likeness (QED) is 0.366. The van der Waals surface area contributed by atoms with Gasteiger partial charge in [-0.25, -0.2) is 0 Å². The minimum absolute atomic E-state index is 0.539. The average molecular weight is 495 g/mol. The van der Waals surface area contributed by atoms with Crippen LogP contribution in [0.15, 0.2) is 77.3 Å². The smallest absolute Gasteiger partial charge is 0.142 e. The molecule has 1 atom stereocenters. The highest BCUT2D eigenvalue weighted by Gasteiger charge is 2.24. The molecular formula is C27H31BrN2O2. The summed E-state index contributed by atoms with van der Waals surface area (Å²) < 4.78 is 12.5. The Morgan fingerprint density at radius 2 is 1.78 bits per heavy atom. The SMILES string of the molecule is COc1ccc(CCN2CCC[C@@H]2CNc2ccccc2OCc2ccccc2Br)cc1. The maximum atomic E-state index is 6.15. The van der Waals surface area contributed by atoms with Crippen LogP contribution in [-0.4, -0.2) is 37.7 Å². The maximum Gasteiger partial charge on any atom is 0.142 e. The molecule has 0 bridgehead atoms. The number of para-hydroxylation sites is 2. The second-order valence-corrected chi connectivity index (χ2v) is 9.04. The molecule has 1 fully saturated rings. The summed E-state index contributed by atoms with van der Waals surface area (Å²) >= 11 is 3.60. The highest BCUT2D eigenvalue weighted by molar-refractivity contribution is 9.10. The standard InChI is InChI=1S/C27H31BrN2O2/c1-31-24-14-12-21(13-15-24)16-18-30-17-6-8-23(30)19-29-26-10-4-5-11-27(26)32-20-22-7-2-3-9-25(22)28/h2-5,7,9-15,23,29H,6,8,16-20H2,1H3/t23-/m1/s1. The molecule has 1 N–H and O–H groups in total. The summed E-state index contributed by atoms with van der Waals surface area (Å²) in [6.07, 6.45) is 3.55. The molecule has 5 heteroatoms. The number of hydrogen-bond donors (Lipinski definition) is 1. The first-order chi connectivity index (χ1) is 15.7. The van der Waals surface area contributed by atoms with Crippen LogP contribution in [0.5, 0.6) is 11.5 Å². The molecule has 0 unspecified atom stereocenters. The Kier molecular flexibility index (Phi) is 8.07. The Morgan fingerprint density at radius 1 is 1.00 bits per heavy atom. The monoisotopic (exact) mass is 494 g/mol. The van der Waals surface area contributed by atoms with Crippen LogP contribution in [-0.2, 0) is 13.0 Å².